The molecule has 8 heteroatoms. The van der Waals surface area contributed by atoms with E-state index in [9.17, 15) is 8.42 Å². The number of nitrogens with zero attached hydrogens (tertiary/aromatic N) is 3. The van der Waals surface area contributed by atoms with E-state index in [1.54, 1.807) is 7.11 Å². The Morgan fingerprint density at radius 1 is 0.909 bits per heavy atom. The summed E-state index contributed by atoms with van der Waals surface area (Å²) in [6.07, 6.45) is 11.5. The molecule has 1 saturated carbocycles. The van der Waals surface area contributed by atoms with Gasteiger partial charge >= 0.3 is 0 Å². The maximum Gasteiger partial charge on any atom is 0.244 e. The minimum Gasteiger partial charge on any atom is -0.383 e. The molecule has 3 heterocycles. The number of rotatable bonds is 6. The van der Waals surface area contributed by atoms with Crippen LogP contribution in [0.5, 0.6) is 0 Å². The third kappa shape index (κ3) is 6.03. The first-order valence-electron chi connectivity index (χ1n) is 17.1. The molecule has 4 aliphatic rings. The fraction of sp³-hybridized carbons (Fsp3) is 0.667. The Balaban J connectivity index is 1.24. The van der Waals surface area contributed by atoms with Crippen LogP contribution in [0.4, 0.5) is 0 Å². The number of aryl methyl sites for hydroxylation is 1. The summed E-state index contributed by atoms with van der Waals surface area (Å²) in [7, 11) is 0.270. The molecule has 2 aromatic carbocycles. The molecule has 2 aromatic rings. The number of hydrogen-bond acceptors (Lipinski definition) is 6. The van der Waals surface area contributed by atoms with Gasteiger partial charge in [0.1, 0.15) is 0 Å². The molecule has 3 aliphatic heterocycles. The van der Waals surface area contributed by atoms with Crippen LogP contribution in [0.3, 0.4) is 0 Å². The van der Waals surface area contributed by atoms with Gasteiger partial charge in [-0.25, -0.2) is 8.42 Å². The van der Waals surface area contributed by atoms with Crippen molar-refractivity contribution >= 4 is 10.0 Å². The van der Waals surface area contributed by atoms with Gasteiger partial charge in [0.2, 0.25) is 10.0 Å². The first-order chi connectivity index (χ1) is 21.3. The van der Waals surface area contributed by atoms with Gasteiger partial charge in [-0.1, -0.05) is 81.0 Å². The fourth-order valence-electron chi connectivity index (χ4n) is 8.74. The van der Waals surface area contributed by atoms with Crippen molar-refractivity contribution in [2.45, 2.75) is 107 Å². The van der Waals surface area contributed by atoms with Crippen molar-refractivity contribution in [1.82, 2.24) is 19.4 Å². The zero-order valence-corrected chi connectivity index (χ0v) is 28.2. The molecular weight excluding hydrogens is 568 g/mol. The third-order valence-electron chi connectivity index (χ3n) is 11.6. The van der Waals surface area contributed by atoms with Gasteiger partial charge in [0.25, 0.3) is 0 Å². The van der Waals surface area contributed by atoms with Crippen molar-refractivity contribution in [1.29, 1.82) is 0 Å². The van der Waals surface area contributed by atoms with Crippen LogP contribution < -0.4 is 5.32 Å². The minimum absolute atomic E-state index is 0.0587. The summed E-state index contributed by atoms with van der Waals surface area (Å²) in [6, 6.07) is 15.9. The smallest absolute Gasteiger partial charge is 0.244 e. The minimum atomic E-state index is -3.58. The number of benzene rings is 2. The van der Waals surface area contributed by atoms with Gasteiger partial charge in [0.05, 0.1) is 6.61 Å². The number of ether oxygens (including phenoxy) is 1. The lowest BCUT2D eigenvalue weighted by Crippen LogP contribution is -2.68. The van der Waals surface area contributed by atoms with E-state index in [1.165, 1.54) is 66.3 Å². The van der Waals surface area contributed by atoms with Crippen LogP contribution in [0.25, 0.3) is 11.1 Å². The maximum absolute atomic E-state index is 14.5. The van der Waals surface area contributed by atoms with E-state index in [1.807, 2.05) is 4.31 Å². The summed E-state index contributed by atoms with van der Waals surface area (Å²) in [5.41, 5.74) is 5.68. The molecule has 0 radical (unpaired) electrons. The summed E-state index contributed by atoms with van der Waals surface area (Å²) < 4.78 is 36.5. The van der Waals surface area contributed by atoms with E-state index in [4.69, 9.17) is 4.74 Å². The molecule has 1 N–H and O–H groups in total. The van der Waals surface area contributed by atoms with E-state index >= 15 is 0 Å². The van der Waals surface area contributed by atoms with Gasteiger partial charge in [0, 0.05) is 50.3 Å². The van der Waals surface area contributed by atoms with Crippen LogP contribution in [-0.4, -0.2) is 92.6 Å². The summed E-state index contributed by atoms with van der Waals surface area (Å²) >= 11 is 0. The van der Waals surface area contributed by atoms with E-state index in [0.717, 1.165) is 38.8 Å². The average molecular weight is 623 g/mol. The van der Waals surface area contributed by atoms with Crippen LogP contribution in [-0.2, 0) is 14.8 Å². The lowest BCUT2D eigenvalue weighted by Gasteiger charge is -2.57. The first kappa shape index (κ1) is 32.1. The molecular formula is C36H54N4O3S. The molecule has 6 rings (SSSR count). The summed E-state index contributed by atoms with van der Waals surface area (Å²) in [6.45, 7) is 7.90. The molecule has 4 atom stereocenters. The number of methoxy groups -OCH3 is 1. The highest BCUT2D eigenvalue weighted by Crippen LogP contribution is 2.44. The topological polar surface area (TPSA) is 65.1 Å². The Morgan fingerprint density at radius 2 is 1.59 bits per heavy atom. The second-order valence-electron chi connectivity index (χ2n) is 14.0. The highest BCUT2D eigenvalue weighted by Gasteiger charge is 2.53. The number of nitrogens with one attached hydrogen (secondary N) is 1. The predicted octanol–water partition coefficient (Wildman–Crippen LogP) is 5.87. The number of likely N-dealkylation sites (N-methyl/N-ethyl adjacent to an activating group) is 1. The molecule has 44 heavy (non-hydrogen) atoms. The van der Waals surface area contributed by atoms with Gasteiger partial charge in [-0.2, -0.15) is 4.31 Å². The van der Waals surface area contributed by atoms with Gasteiger partial charge in [-0.3, -0.25) is 15.1 Å². The van der Waals surface area contributed by atoms with Crippen molar-refractivity contribution in [3.05, 3.63) is 59.2 Å². The van der Waals surface area contributed by atoms with E-state index in [0.29, 0.717) is 19.7 Å². The Morgan fingerprint density at radius 3 is 2.30 bits per heavy atom. The van der Waals surface area contributed by atoms with Crippen molar-refractivity contribution in [3.63, 3.8) is 0 Å². The molecule has 7 nitrogen and oxygen atoms in total. The zero-order valence-electron chi connectivity index (χ0n) is 27.4. The molecule has 1 spiro atoms. The zero-order chi connectivity index (χ0) is 30.9. The molecule has 4 fully saturated rings. The molecule has 0 amide bonds. The quantitative estimate of drug-likeness (QED) is 0.435. The van der Waals surface area contributed by atoms with Gasteiger partial charge in [-0.05, 0) is 80.9 Å². The van der Waals surface area contributed by atoms with Crippen molar-refractivity contribution in [2.24, 2.45) is 0 Å². The largest absolute Gasteiger partial charge is 0.383 e. The maximum atomic E-state index is 14.5. The fourth-order valence-corrected chi connectivity index (χ4v) is 10.7. The van der Waals surface area contributed by atoms with Crippen LogP contribution in [0.15, 0.2) is 42.5 Å². The Labute approximate surface area is 266 Å². The summed E-state index contributed by atoms with van der Waals surface area (Å²) in [5.74, 6) is 0.230. The highest BCUT2D eigenvalue weighted by molar-refractivity contribution is 7.89. The van der Waals surface area contributed by atoms with Crippen molar-refractivity contribution in [3.8, 4) is 11.1 Å². The number of sulfonamides is 1. The lowest BCUT2D eigenvalue weighted by atomic mass is 9.74. The lowest BCUT2D eigenvalue weighted by molar-refractivity contribution is -0.0637. The van der Waals surface area contributed by atoms with Gasteiger partial charge in [0.15, 0.2) is 5.50 Å². The Kier molecular flexibility index (Phi) is 9.87. The average Bonchev–Trinajstić information content (AvgIpc) is 3.39. The van der Waals surface area contributed by atoms with Crippen LogP contribution in [0.2, 0.25) is 0 Å². The van der Waals surface area contributed by atoms with Crippen LogP contribution >= 0.6 is 0 Å². The number of fused-ring (bicyclic) bond motifs is 1. The van der Waals surface area contributed by atoms with E-state index in [-0.39, 0.29) is 23.5 Å². The second kappa shape index (κ2) is 13.5. The number of hydrogen-bond donors (Lipinski definition) is 1. The van der Waals surface area contributed by atoms with Crippen LogP contribution in [0.1, 0.15) is 86.8 Å². The van der Waals surface area contributed by atoms with E-state index in [2.05, 4.69) is 78.5 Å². The van der Waals surface area contributed by atoms with Crippen molar-refractivity contribution in [2.75, 3.05) is 46.9 Å². The summed E-state index contributed by atoms with van der Waals surface area (Å²) in [4.78, 5) is 4.74. The van der Waals surface area contributed by atoms with Crippen LogP contribution in [0, 0.1) is 13.8 Å². The molecule has 3 saturated heterocycles. The molecule has 0 bridgehead atoms. The van der Waals surface area contributed by atoms with E-state index < -0.39 is 15.5 Å². The molecule has 2 unspecified atom stereocenters. The monoisotopic (exact) mass is 622 g/mol. The normalized spacial score (nSPS) is 29.2. The second-order valence-corrected chi connectivity index (χ2v) is 16.0. The Bertz CT molecular complexity index is 1370. The van der Waals surface area contributed by atoms with Gasteiger partial charge in [-0.15, -0.1) is 0 Å². The SMILES string of the molecule is COC[C@@H]1[C@@H](c2ccc(-c3cccc(C)c3C)cc2)C2CN(S(=O)(=O)C3NCC4(CCCCCCCC4)N3C)CCCCN21. The van der Waals surface area contributed by atoms with Gasteiger partial charge < -0.3 is 4.74 Å². The predicted molar refractivity (Wildman–Crippen MR) is 179 cm³/mol. The Hall–Kier alpha value is -1.81. The third-order valence-corrected chi connectivity index (χ3v) is 13.7. The molecule has 242 valence electrons. The molecule has 1 aliphatic carbocycles. The van der Waals surface area contributed by atoms with Crippen molar-refractivity contribution < 1.29 is 13.2 Å². The molecule has 0 aromatic heterocycles. The summed E-state index contributed by atoms with van der Waals surface area (Å²) in [5, 5.41) is 3.52. The standard InChI is InChI=1S/C36H54N4O3S/c1-27-14-13-15-31(28(27)2)29-16-18-30(19-17-29)34-32-24-39(22-11-12-23-40(32)33(34)25-43-4)44(41,42)35-37-26-36(38(35)3)20-9-7-5-6-8-10-21-36/h13-19,32-35,37H,5-12,20-26H2,1-4H3/t32?,33-,34+,35?/m1/s1. The highest BCUT2D eigenvalue weighted by atomic mass is 32.2. The first-order valence-corrected chi connectivity index (χ1v) is 18.6.